The van der Waals surface area contributed by atoms with E-state index in [-0.39, 0.29) is 59.8 Å². The number of allylic oxidation sites excluding steroid dienone is 4. The standard InChI is InChI=1S/C34H34.2BrH.Hf/c1-3-13-27(33-29-19-9-5-15-23(29)24-16-6-10-20-30(24)33)28(14-4-2)34-31-21-11-7-17-25(31)26-18-8-12-22-32(26)34;;;/h5-12,15-22,27-29,34H,3-4,13-14H2,1-2H3;2*1H;/q;;;+2/p-2. The molecule has 6 rings (SSSR count). The van der Waals surface area contributed by atoms with Crippen LogP contribution in [0.5, 0.6) is 0 Å². The quantitative estimate of drug-likeness (QED) is 0.319. The van der Waals surface area contributed by atoms with Gasteiger partial charge in [-0.25, -0.2) is 0 Å². The molecule has 0 heterocycles. The summed E-state index contributed by atoms with van der Waals surface area (Å²) in [7, 11) is 0. The van der Waals surface area contributed by atoms with E-state index in [1.54, 1.807) is 16.7 Å². The fourth-order valence-electron chi connectivity index (χ4n) is 7.16. The summed E-state index contributed by atoms with van der Waals surface area (Å²) < 4.78 is 0. The van der Waals surface area contributed by atoms with Gasteiger partial charge in [-0.05, 0) is 68.5 Å². The van der Waals surface area contributed by atoms with E-state index in [0.717, 1.165) is 0 Å². The van der Waals surface area contributed by atoms with Crippen molar-refractivity contribution in [3.05, 3.63) is 119 Å². The zero-order chi connectivity index (χ0) is 23.1. The molecule has 3 aliphatic rings. The predicted molar refractivity (Wildman–Crippen MR) is 145 cm³/mol. The molecule has 0 saturated heterocycles. The Bertz CT molecular complexity index is 1370. The fourth-order valence-corrected chi connectivity index (χ4v) is 7.16. The van der Waals surface area contributed by atoms with Gasteiger partial charge in [0, 0.05) is 11.8 Å². The van der Waals surface area contributed by atoms with Gasteiger partial charge in [0.25, 0.3) is 0 Å². The molecule has 0 aromatic heterocycles. The molecule has 0 radical (unpaired) electrons. The molecule has 3 aliphatic carbocycles. The minimum Gasteiger partial charge on any atom is -1.00 e. The van der Waals surface area contributed by atoms with Crippen LogP contribution >= 0.6 is 0 Å². The third kappa shape index (κ3) is 5.18. The molecule has 0 amide bonds. The van der Waals surface area contributed by atoms with Gasteiger partial charge in [0.15, 0.2) is 0 Å². The molecule has 0 fully saturated rings. The topological polar surface area (TPSA) is 0 Å². The molecular weight excluding hydrogens is 747 g/mol. The second-order valence-electron chi connectivity index (χ2n) is 10.2. The molecule has 0 aliphatic heterocycles. The van der Waals surface area contributed by atoms with E-state index in [1.165, 1.54) is 52.8 Å². The van der Waals surface area contributed by atoms with Crippen LogP contribution in [0.1, 0.15) is 56.6 Å². The SMILES string of the molecule is CCCC(C1=c2ccccc2=C2C=CC=CC21)C(CCC)C1c2ccccc2-c2ccccc21.[Br-].[Br-].[Hf+2]. The summed E-state index contributed by atoms with van der Waals surface area (Å²) in [4.78, 5) is 0. The molecule has 0 nitrogen and oxygen atoms in total. The van der Waals surface area contributed by atoms with Crippen LogP contribution in [-0.4, -0.2) is 0 Å². The average Bonchev–Trinajstić information content (AvgIpc) is 3.40. The van der Waals surface area contributed by atoms with Crippen molar-refractivity contribution in [3.63, 3.8) is 0 Å². The fraction of sp³-hybridized carbons (Fsp3) is 0.294. The Kier molecular flexibility index (Phi) is 10.8. The zero-order valence-electron chi connectivity index (χ0n) is 21.6. The van der Waals surface area contributed by atoms with Crippen LogP contribution < -0.4 is 44.4 Å². The molecule has 0 bridgehead atoms. The van der Waals surface area contributed by atoms with E-state index in [2.05, 4.69) is 111 Å². The maximum atomic E-state index is 2.45. The Balaban J connectivity index is 0.00000127. The van der Waals surface area contributed by atoms with Crippen molar-refractivity contribution in [1.82, 2.24) is 0 Å². The summed E-state index contributed by atoms with van der Waals surface area (Å²) in [5.74, 6) is 2.05. The zero-order valence-corrected chi connectivity index (χ0v) is 28.4. The van der Waals surface area contributed by atoms with Crippen LogP contribution in [0.2, 0.25) is 0 Å². The summed E-state index contributed by atoms with van der Waals surface area (Å²) in [5.41, 5.74) is 9.15. The summed E-state index contributed by atoms with van der Waals surface area (Å²) in [6.07, 6.45) is 14.2. The van der Waals surface area contributed by atoms with Crippen molar-refractivity contribution in [2.75, 3.05) is 0 Å². The van der Waals surface area contributed by atoms with Gasteiger partial charge in [-0.15, -0.1) is 0 Å². The molecule has 3 aromatic carbocycles. The second-order valence-corrected chi connectivity index (χ2v) is 10.2. The summed E-state index contributed by atoms with van der Waals surface area (Å²) >= 11 is 0. The number of halogens is 2. The molecule has 3 unspecified atom stereocenters. The molecule has 188 valence electrons. The Morgan fingerprint density at radius 1 is 0.676 bits per heavy atom. The maximum absolute atomic E-state index is 2.45. The third-order valence-corrected chi connectivity index (χ3v) is 8.36. The van der Waals surface area contributed by atoms with E-state index < -0.39 is 0 Å². The molecule has 3 heteroatoms. The second kappa shape index (κ2) is 13.2. The van der Waals surface area contributed by atoms with Gasteiger partial charge in [0.1, 0.15) is 0 Å². The predicted octanol–water partition coefficient (Wildman–Crippen LogP) is 1.39. The summed E-state index contributed by atoms with van der Waals surface area (Å²) in [6, 6.07) is 27.6. The normalized spacial score (nSPS) is 17.9. The van der Waals surface area contributed by atoms with Gasteiger partial charge in [0.2, 0.25) is 0 Å². The van der Waals surface area contributed by atoms with Crippen LogP contribution in [-0.2, 0) is 25.8 Å². The first kappa shape index (κ1) is 30.3. The van der Waals surface area contributed by atoms with Gasteiger partial charge in [0.05, 0.1) is 0 Å². The number of rotatable bonds is 7. The first-order valence-electron chi connectivity index (χ1n) is 13.2. The van der Waals surface area contributed by atoms with E-state index in [9.17, 15) is 0 Å². The number of fused-ring (bicyclic) bond motifs is 5. The minimum absolute atomic E-state index is 0. The Morgan fingerprint density at radius 2 is 1.24 bits per heavy atom. The minimum atomic E-state index is 0. The van der Waals surface area contributed by atoms with Crippen molar-refractivity contribution in [3.8, 4) is 11.1 Å². The van der Waals surface area contributed by atoms with Crippen molar-refractivity contribution in [1.29, 1.82) is 0 Å². The molecule has 37 heavy (non-hydrogen) atoms. The average molecular weight is 781 g/mol. The Labute approximate surface area is 262 Å². The molecule has 0 spiro atoms. The first-order valence-corrected chi connectivity index (χ1v) is 13.2. The van der Waals surface area contributed by atoms with Crippen molar-refractivity contribution < 1.29 is 59.8 Å². The van der Waals surface area contributed by atoms with Crippen LogP contribution in [0.4, 0.5) is 0 Å². The van der Waals surface area contributed by atoms with E-state index in [0.29, 0.717) is 23.7 Å². The molecule has 0 saturated carbocycles. The molecule has 3 aromatic rings. The molecule has 3 atom stereocenters. The smallest absolute Gasteiger partial charge is 1.00 e. The van der Waals surface area contributed by atoms with E-state index >= 15 is 0 Å². The first-order chi connectivity index (χ1) is 16.8. The molecule has 0 N–H and O–H groups in total. The van der Waals surface area contributed by atoms with Crippen molar-refractivity contribution >= 4 is 11.1 Å². The van der Waals surface area contributed by atoms with E-state index in [1.807, 2.05) is 0 Å². The van der Waals surface area contributed by atoms with Crippen molar-refractivity contribution in [2.45, 2.75) is 45.4 Å². The number of hydrogen-bond acceptors (Lipinski definition) is 0. The maximum Gasteiger partial charge on any atom is 2.00 e. The van der Waals surface area contributed by atoms with Crippen LogP contribution in [0.3, 0.4) is 0 Å². The number of benzene rings is 3. The van der Waals surface area contributed by atoms with Gasteiger partial charge in [-0.3, -0.25) is 0 Å². The van der Waals surface area contributed by atoms with Crippen LogP contribution in [0, 0.1) is 17.8 Å². The molecular formula is C34H34Br2Hf. The van der Waals surface area contributed by atoms with Gasteiger partial charge >= 0.3 is 25.8 Å². The number of hydrogen-bond donors (Lipinski definition) is 0. The summed E-state index contributed by atoms with van der Waals surface area (Å²) in [5, 5.41) is 2.95. The Hall–Kier alpha value is -1.29. The summed E-state index contributed by atoms with van der Waals surface area (Å²) in [6.45, 7) is 4.74. The van der Waals surface area contributed by atoms with Crippen LogP contribution in [0.15, 0.2) is 97.1 Å². The van der Waals surface area contributed by atoms with E-state index in [4.69, 9.17) is 0 Å². The van der Waals surface area contributed by atoms with Gasteiger partial charge < -0.3 is 34.0 Å². The van der Waals surface area contributed by atoms with Crippen LogP contribution in [0.25, 0.3) is 22.3 Å². The largest absolute Gasteiger partial charge is 2.00 e. The van der Waals surface area contributed by atoms with Gasteiger partial charge in [-0.2, -0.15) is 0 Å². The van der Waals surface area contributed by atoms with Crippen molar-refractivity contribution in [2.24, 2.45) is 17.8 Å². The van der Waals surface area contributed by atoms with Gasteiger partial charge in [-0.1, -0.05) is 124 Å². The Morgan fingerprint density at radius 3 is 1.86 bits per heavy atom. The third-order valence-electron chi connectivity index (χ3n) is 8.36. The monoisotopic (exact) mass is 780 g/mol.